The number of carboxylic acid groups (broad SMARTS) is 1. The molecule has 1 atom stereocenters. The molecule has 0 radical (unpaired) electrons. The number of nitrogens with one attached hydrogen (secondary N) is 3. The Hall–Kier alpha value is -5.30. The van der Waals surface area contributed by atoms with Crippen LogP contribution in [0.25, 0.3) is 33.1 Å². The lowest BCUT2D eigenvalue weighted by atomic mass is 9.99. The van der Waals surface area contributed by atoms with Crippen molar-refractivity contribution in [3.05, 3.63) is 118 Å². The molecule has 0 spiro atoms. The summed E-state index contributed by atoms with van der Waals surface area (Å²) in [6, 6.07) is 28.5. The molecule has 6 rings (SSSR count). The first-order chi connectivity index (χ1) is 24.8. The zero-order valence-corrected chi connectivity index (χ0v) is 31.2. The van der Waals surface area contributed by atoms with E-state index >= 15 is 0 Å². The van der Waals surface area contributed by atoms with Crippen molar-refractivity contribution in [1.82, 2.24) is 25.3 Å². The van der Waals surface area contributed by atoms with E-state index in [0.717, 1.165) is 57.1 Å². The Morgan fingerprint density at radius 1 is 0.981 bits per heavy atom. The number of hydrogen-bond acceptors (Lipinski definition) is 7. The molecule has 0 aliphatic rings. The Kier molecular flexibility index (Phi) is 10.6. The highest BCUT2D eigenvalue weighted by Gasteiger charge is 2.39. The van der Waals surface area contributed by atoms with Gasteiger partial charge in [-0.1, -0.05) is 80.6 Å². The number of H-pyrrole nitrogens is 1. The van der Waals surface area contributed by atoms with Gasteiger partial charge in [-0.2, -0.15) is 0 Å². The van der Waals surface area contributed by atoms with Crippen molar-refractivity contribution in [1.29, 1.82) is 0 Å². The molecule has 0 saturated carbocycles. The van der Waals surface area contributed by atoms with Crippen molar-refractivity contribution in [3.63, 3.8) is 0 Å². The van der Waals surface area contributed by atoms with Crippen LogP contribution in [0.3, 0.4) is 0 Å². The van der Waals surface area contributed by atoms with Gasteiger partial charge in [0.05, 0.1) is 22.8 Å². The average molecular weight is 719 g/mol. The molecule has 5 N–H and O–H groups in total. The SMILES string of the molecule is CC(C)(C)[Si](C)(C)O[C@H](CNCc1ccc2c(c1)nnn2CCCc1ccc(-c2ccccc2)c(NC(=O)O)c1)c1ccc(O)c2[nH]c(=O)ccc12. The van der Waals surface area contributed by atoms with Gasteiger partial charge in [-0.25, -0.2) is 9.48 Å². The molecule has 2 heterocycles. The number of phenolic OH excluding ortho intramolecular Hbond substituents is 1. The summed E-state index contributed by atoms with van der Waals surface area (Å²) in [7, 11) is -2.21. The highest BCUT2D eigenvalue weighted by atomic mass is 28.4. The van der Waals surface area contributed by atoms with E-state index < -0.39 is 14.4 Å². The van der Waals surface area contributed by atoms with Crippen LogP contribution in [0.2, 0.25) is 18.1 Å². The van der Waals surface area contributed by atoms with Crippen molar-refractivity contribution >= 4 is 42.0 Å². The number of aromatic hydroxyl groups is 1. The first kappa shape index (κ1) is 36.5. The van der Waals surface area contributed by atoms with E-state index in [9.17, 15) is 19.8 Å². The largest absolute Gasteiger partial charge is 0.506 e. The predicted octanol–water partition coefficient (Wildman–Crippen LogP) is 8.22. The molecule has 0 saturated heterocycles. The van der Waals surface area contributed by atoms with Crippen LogP contribution in [0.4, 0.5) is 10.5 Å². The number of benzene rings is 4. The fraction of sp³-hybridized carbons (Fsp3) is 0.300. The van der Waals surface area contributed by atoms with Crippen molar-refractivity contribution in [2.45, 2.75) is 70.9 Å². The second kappa shape index (κ2) is 15.1. The van der Waals surface area contributed by atoms with Crippen LogP contribution in [-0.4, -0.2) is 51.1 Å². The lowest BCUT2D eigenvalue weighted by Crippen LogP contribution is -2.43. The normalized spacial score (nSPS) is 12.7. The summed E-state index contributed by atoms with van der Waals surface area (Å²) in [4.78, 5) is 26.4. The number of nitrogens with zero attached hydrogens (tertiary/aromatic N) is 3. The number of fused-ring (bicyclic) bond motifs is 2. The fourth-order valence-electron chi connectivity index (χ4n) is 6.20. The third-order valence-electron chi connectivity index (χ3n) is 9.98. The Morgan fingerprint density at radius 2 is 1.75 bits per heavy atom. The van der Waals surface area contributed by atoms with Gasteiger partial charge in [0.15, 0.2) is 8.32 Å². The van der Waals surface area contributed by atoms with E-state index in [-0.39, 0.29) is 22.5 Å². The average Bonchev–Trinajstić information content (AvgIpc) is 3.50. The molecule has 6 aromatic rings. The maximum atomic E-state index is 12.1. The molecular weight excluding hydrogens is 673 g/mol. The van der Waals surface area contributed by atoms with Crippen LogP contribution in [0.15, 0.2) is 95.8 Å². The number of anilines is 1. The fourth-order valence-corrected chi connectivity index (χ4v) is 7.47. The minimum Gasteiger partial charge on any atom is -0.506 e. The summed E-state index contributed by atoms with van der Waals surface area (Å²) in [6.07, 6.45) is 0.137. The number of hydrogen-bond donors (Lipinski definition) is 5. The molecule has 11 nitrogen and oxygen atoms in total. The van der Waals surface area contributed by atoms with E-state index in [0.29, 0.717) is 30.8 Å². The first-order valence-electron chi connectivity index (χ1n) is 17.5. The number of amides is 1. The van der Waals surface area contributed by atoms with E-state index in [4.69, 9.17) is 4.43 Å². The van der Waals surface area contributed by atoms with Gasteiger partial charge in [0.2, 0.25) is 5.56 Å². The third-order valence-corrected chi connectivity index (χ3v) is 14.5. The Balaban J connectivity index is 1.12. The molecule has 0 aliphatic heterocycles. The van der Waals surface area contributed by atoms with Gasteiger partial charge in [0.1, 0.15) is 11.3 Å². The molecule has 270 valence electrons. The molecule has 52 heavy (non-hydrogen) atoms. The summed E-state index contributed by atoms with van der Waals surface area (Å²) < 4.78 is 8.85. The summed E-state index contributed by atoms with van der Waals surface area (Å²) >= 11 is 0. The van der Waals surface area contributed by atoms with Crippen LogP contribution in [0.1, 0.15) is 50.0 Å². The molecule has 0 unspecified atom stereocenters. The lowest BCUT2D eigenvalue weighted by molar-refractivity contribution is 0.181. The third kappa shape index (κ3) is 8.25. The van der Waals surface area contributed by atoms with Crippen LogP contribution < -0.4 is 16.2 Å². The quantitative estimate of drug-likeness (QED) is 0.0749. The van der Waals surface area contributed by atoms with Crippen LogP contribution in [0.5, 0.6) is 5.75 Å². The summed E-state index contributed by atoms with van der Waals surface area (Å²) in [6.45, 7) is 12.8. The van der Waals surface area contributed by atoms with Gasteiger partial charge in [-0.05, 0) is 83.6 Å². The summed E-state index contributed by atoms with van der Waals surface area (Å²) in [5, 5.41) is 35.7. The van der Waals surface area contributed by atoms with Crippen LogP contribution >= 0.6 is 0 Å². The van der Waals surface area contributed by atoms with Crippen molar-refractivity contribution in [3.8, 4) is 16.9 Å². The molecule has 2 aromatic heterocycles. The molecule has 4 aromatic carbocycles. The maximum absolute atomic E-state index is 12.1. The standard InChI is InChI=1S/C40H46N6O5Si/c1-40(2,3)52(4,5)51-36(30-16-19-35(47)38-31(30)17-20-37(48)43-38)25-41-24-27-14-18-34-33(23-27)44-45-46(34)21-9-10-26-13-15-29(28-11-7-6-8-12-28)32(22-26)42-39(49)50/h6-8,11-20,22-23,36,41-42,47H,9-10,21,24-25H2,1-5H3,(H,43,48)(H,49,50)/t36-/m1/s1. The van der Waals surface area contributed by atoms with Gasteiger partial charge in [-0.3, -0.25) is 10.1 Å². The number of aromatic nitrogens is 4. The molecule has 0 fully saturated rings. The van der Waals surface area contributed by atoms with Gasteiger partial charge < -0.3 is 24.9 Å². The molecule has 1 amide bonds. The van der Waals surface area contributed by atoms with E-state index in [2.05, 4.69) is 65.9 Å². The van der Waals surface area contributed by atoms with E-state index in [1.54, 1.807) is 12.1 Å². The number of carbonyl (C=O) groups is 1. The molecule has 0 aliphatic carbocycles. The van der Waals surface area contributed by atoms with Gasteiger partial charge in [-0.15, -0.1) is 5.10 Å². The minimum absolute atomic E-state index is 0.0172. The van der Waals surface area contributed by atoms with Gasteiger partial charge >= 0.3 is 6.09 Å². The van der Waals surface area contributed by atoms with Crippen molar-refractivity contribution in [2.75, 3.05) is 11.9 Å². The van der Waals surface area contributed by atoms with E-state index in [1.165, 1.54) is 6.07 Å². The topological polar surface area (TPSA) is 154 Å². The minimum atomic E-state index is -2.21. The smallest absolute Gasteiger partial charge is 0.409 e. The van der Waals surface area contributed by atoms with E-state index in [1.807, 2.05) is 71.4 Å². The number of phenols is 1. The second-order valence-electron chi connectivity index (χ2n) is 14.7. The van der Waals surface area contributed by atoms with Crippen LogP contribution in [0, 0.1) is 0 Å². The van der Waals surface area contributed by atoms with Gasteiger partial charge in [0.25, 0.3) is 0 Å². The highest BCUT2D eigenvalue weighted by molar-refractivity contribution is 6.74. The maximum Gasteiger partial charge on any atom is 0.409 e. The molecule has 0 bridgehead atoms. The predicted molar refractivity (Wildman–Crippen MR) is 208 cm³/mol. The zero-order chi connectivity index (χ0) is 37.0. The number of pyridine rings is 1. The molecule has 12 heteroatoms. The zero-order valence-electron chi connectivity index (χ0n) is 30.2. The number of aromatic amines is 1. The second-order valence-corrected chi connectivity index (χ2v) is 19.5. The Bertz CT molecular complexity index is 2260. The summed E-state index contributed by atoms with van der Waals surface area (Å²) in [5.41, 5.74) is 7.23. The number of rotatable bonds is 13. The Morgan fingerprint density at radius 3 is 2.50 bits per heavy atom. The monoisotopic (exact) mass is 718 g/mol. The highest BCUT2D eigenvalue weighted by Crippen LogP contribution is 2.41. The van der Waals surface area contributed by atoms with Gasteiger partial charge in [0, 0.05) is 36.7 Å². The Labute approximate surface area is 303 Å². The number of aryl methyl sites for hydroxylation is 2. The molecular formula is C40H46N6O5Si. The van der Waals surface area contributed by atoms with Crippen molar-refractivity contribution < 1.29 is 19.4 Å². The van der Waals surface area contributed by atoms with Crippen molar-refractivity contribution in [2.24, 2.45) is 0 Å². The first-order valence-corrected chi connectivity index (χ1v) is 20.4. The summed E-state index contributed by atoms with van der Waals surface area (Å²) in [5.74, 6) is 0.0245. The van der Waals surface area contributed by atoms with Crippen LogP contribution in [-0.2, 0) is 23.9 Å². The lowest BCUT2D eigenvalue weighted by Gasteiger charge is -2.39.